The first-order valence-corrected chi connectivity index (χ1v) is 7.54. The van der Waals surface area contributed by atoms with E-state index in [1.807, 2.05) is 0 Å². The molecular formula is C8H18ClNSi. The van der Waals surface area contributed by atoms with Gasteiger partial charge in [-0.1, -0.05) is 32.1 Å². The number of nitrogens with one attached hydrogen (secondary N) is 1. The molecule has 0 bridgehead atoms. The zero-order valence-corrected chi connectivity index (χ0v) is 9.28. The van der Waals surface area contributed by atoms with Crippen LogP contribution in [0.3, 0.4) is 0 Å². The van der Waals surface area contributed by atoms with Gasteiger partial charge in [0.25, 0.3) is 0 Å². The molecule has 0 unspecified atom stereocenters. The van der Waals surface area contributed by atoms with Crippen LogP contribution in [-0.4, -0.2) is 15.5 Å². The van der Waals surface area contributed by atoms with E-state index in [-0.39, 0.29) is 0 Å². The Balaban J connectivity index is 1.96. The molecule has 0 amide bonds. The van der Waals surface area contributed by atoms with Gasteiger partial charge < -0.3 is 4.98 Å². The lowest BCUT2D eigenvalue weighted by molar-refractivity contribution is 0.340. The Morgan fingerprint density at radius 1 is 1.27 bits per heavy atom. The molecular weight excluding hydrogens is 174 g/mol. The smallest absolute Gasteiger partial charge is 0.195 e. The van der Waals surface area contributed by atoms with Gasteiger partial charge in [0.2, 0.25) is 0 Å². The Bertz CT molecular complexity index is 94.1. The fourth-order valence-electron chi connectivity index (χ4n) is 1.85. The topological polar surface area (TPSA) is 12.0 Å². The second-order valence-corrected chi connectivity index (χ2v) is 5.00. The van der Waals surface area contributed by atoms with Crippen LogP contribution in [0.4, 0.5) is 0 Å². The molecule has 0 spiro atoms. The Kier molecular flexibility index (Phi) is 5.24. The van der Waals surface area contributed by atoms with Crippen molar-refractivity contribution >= 4 is 20.1 Å². The molecule has 0 saturated heterocycles. The van der Waals surface area contributed by atoms with Gasteiger partial charge >= 0.3 is 0 Å². The van der Waals surface area contributed by atoms with Gasteiger partial charge in [-0.2, -0.15) is 11.1 Å². The maximum absolute atomic E-state index is 5.65. The van der Waals surface area contributed by atoms with E-state index in [0.717, 1.165) is 5.92 Å². The van der Waals surface area contributed by atoms with Gasteiger partial charge in [0.1, 0.15) is 0 Å². The number of rotatable bonds is 4. The highest BCUT2D eigenvalue weighted by molar-refractivity contribution is 6.92. The number of hydrogen-bond donors (Lipinski definition) is 1. The molecule has 0 aromatic heterocycles. The van der Waals surface area contributed by atoms with Crippen molar-refractivity contribution in [2.24, 2.45) is 5.92 Å². The molecule has 0 atom stereocenters. The minimum Gasteiger partial charge on any atom is -0.330 e. The van der Waals surface area contributed by atoms with E-state index < -0.39 is 8.99 Å². The Hall–Kier alpha value is 0.467. The van der Waals surface area contributed by atoms with Crippen LogP contribution in [0.15, 0.2) is 0 Å². The molecule has 0 heterocycles. The van der Waals surface area contributed by atoms with Gasteiger partial charge in [0, 0.05) is 0 Å². The average Bonchev–Trinajstić information content (AvgIpc) is 2.07. The molecule has 3 heteroatoms. The van der Waals surface area contributed by atoms with E-state index in [0.29, 0.717) is 0 Å². The van der Waals surface area contributed by atoms with Crippen LogP contribution in [0, 0.1) is 5.92 Å². The van der Waals surface area contributed by atoms with Crippen LogP contribution >= 0.6 is 11.1 Å². The largest absolute Gasteiger partial charge is 0.330 e. The summed E-state index contributed by atoms with van der Waals surface area (Å²) in [4.78, 5) is 3.30. The van der Waals surface area contributed by atoms with Gasteiger partial charge in [0.15, 0.2) is 8.99 Å². The highest BCUT2D eigenvalue weighted by Crippen LogP contribution is 2.25. The lowest BCUT2D eigenvalue weighted by atomic mass is 9.87. The van der Waals surface area contributed by atoms with Gasteiger partial charge in [-0.25, -0.2) is 0 Å². The zero-order chi connectivity index (χ0) is 7.94. The van der Waals surface area contributed by atoms with Gasteiger partial charge in [-0.3, -0.25) is 0 Å². The van der Waals surface area contributed by atoms with Crippen LogP contribution in [0.5, 0.6) is 0 Å². The van der Waals surface area contributed by atoms with Gasteiger partial charge in [0.05, 0.1) is 0 Å². The number of hydrogen-bond acceptors (Lipinski definition) is 1. The maximum Gasteiger partial charge on any atom is 0.195 e. The van der Waals surface area contributed by atoms with Crippen molar-refractivity contribution in [3.8, 4) is 0 Å². The summed E-state index contributed by atoms with van der Waals surface area (Å²) in [5.41, 5.74) is 0. The number of halogens is 1. The third kappa shape index (κ3) is 4.14. The average molecular weight is 192 g/mol. The molecule has 0 aliphatic heterocycles. The summed E-state index contributed by atoms with van der Waals surface area (Å²) < 4.78 is 0. The molecule has 1 nitrogen and oxygen atoms in total. The van der Waals surface area contributed by atoms with Crippen molar-refractivity contribution < 1.29 is 0 Å². The van der Waals surface area contributed by atoms with Crippen molar-refractivity contribution in [2.45, 2.75) is 38.5 Å². The summed E-state index contributed by atoms with van der Waals surface area (Å²) in [5, 5.41) is 0. The fourth-order valence-corrected chi connectivity index (χ4v) is 2.59. The zero-order valence-electron chi connectivity index (χ0n) is 7.11. The van der Waals surface area contributed by atoms with Crippen LogP contribution < -0.4 is 4.98 Å². The molecule has 1 rings (SSSR count). The SMILES string of the molecule is Cl[SiH2]NCCC1CCCCC1. The third-order valence-electron chi connectivity index (χ3n) is 2.55. The first kappa shape index (κ1) is 9.55. The summed E-state index contributed by atoms with van der Waals surface area (Å²) in [6.07, 6.45) is 8.68. The standard InChI is InChI=1S/C8H18ClNSi/c9-11-10-7-6-8-4-2-1-3-5-8/h8,10H,1-7,11H2. The molecule has 11 heavy (non-hydrogen) atoms. The van der Waals surface area contributed by atoms with Crippen molar-refractivity contribution in [1.82, 2.24) is 4.98 Å². The molecule has 0 aromatic carbocycles. The summed E-state index contributed by atoms with van der Waals surface area (Å²) in [6.45, 7) is 1.17. The molecule has 0 aromatic rings. The quantitative estimate of drug-likeness (QED) is 0.406. The maximum atomic E-state index is 5.65. The van der Waals surface area contributed by atoms with Crippen molar-refractivity contribution in [3.05, 3.63) is 0 Å². The van der Waals surface area contributed by atoms with Crippen molar-refractivity contribution in [3.63, 3.8) is 0 Å². The van der Waals surface area contributed by atoms with Crippen LogP contribution in [0.1, 0.15) is 38.5 Å². The monoisotopic (exact) mass is 191 g/mol. The van der Waals surface area contributed by atoms with E-state index in [1.165, 1.54) is 45.1 Å². The first-order chi connectivity index (χ1) is 5.43. The van der Waals surface area contributed by atoms with Crippen molar-refractivity contribution in [1.29, 1.82) is 0 Å². The summed E-state index contributed by atoms with van der Waals surface area (Å²) >= 11 is 5.65. The predicted octanol–water partition coefficient (Wildman–Crippen LogP) is 1.78. The molecule has 1 aliphatic rings. The minimum absolute atomic E-state index is 0.410. The van der Waals surface area contributed by atoms with Crippen LogP contribution in [0.25, 0.3) is 0 Å². The minimum atomic E-state index is -0.410. The van der Waals surface area contributed by atoms with E-state index >= 15 is 0 Å². The molecule has 1 aliphatic carbocycles. The van der Waals surface area contributed by atoms with Gasteiger partial charge in [-0.15, -0.1) is 0 Å². The van der Waals surface area contributed by atoms with E-state index in [1.54, 1.807) is 0 Å². The normalized spacial score (nSPS) is 21.5. The van der Waals surface area contributed by atoms with E-state index in [2.05, 4.69) is 4.98 Å². The molecule has 1 saturated carbocycles. The van der Waals surface area contributed by atoms with E-state index in [4.69, 9.17) is 11.1 Å². The highest BCUT2D eigenvalue weighted by atomic mass is 35.6. The fraction of sp³-hybridized carbons (Fsp3) is 1.00. The molecule has 66 valence electrons. The summed E-state index contributed by atoms with van der Waals surface area (Å²) in [6, 6.07) is 0. The second kappa shape index (κ2) is 6.04. The summed E-state index contributed by atoms with van der Waals surface area (Å²) in [7, 11) is -0.410. The Morgan fingerprint density at radius 3 is 2.64 bits per heavy atom. The van der Waals surface area contributed by atoms with Crippen LogP contribution in [-0.2, 0) is 0 Å². The third-order valence-corrected chi connectivity index (χ3v) is 3.66. The Labute approximate surface area is 76.5 Å². The second-order valence-electron chi connectivity index (χ2n) is 3.43. The van der Waals surface area contributed by atoms with Crippen LogP contribution in [0.2, 0.25) is 0 Å². The molecule has 0 radical (unpaired) electrons. The summed E-state index contributed by atoms with van der Waals surface area (Å²) in [5.74, 6) is 1.01. The first-order valence-electron chi connectivity index (χ1n) is 4.70. The highest BCUT2D eigenvalue weighted by Gasteiger charge is 2.11. The van der Waals surface area contributed by atoms with E-state index in [9.17, 15) is 0 Å². The van der Waals surface area contributed by atoms with Crippen molar-refractivity contribution in [2.75, 3.05) is 6.54 Å². The molecule has 1 N–H and O–H groups in total. The molecule has 1 fully saturated rings. The lowest BCUT2D eigenvalue weighted by Gasteiger charge is -2.21. The Morgan fingerprint density at radius 2 is 2.00 bits per heavy atom. The predicted molar refractivity (Wildman–Crippen MR) is 53.6 cm³/mol. The van der Waals surface area contributed by atoms with Gasteiger partial charge in [-0.05, 0) is 18.9 Å². The lowest BCUT2D eigenvalue weighted by Crippen LogP contribution is -2.19.